The van der Waals surface area contributed by atoms with E-state index in [0.29, 0.717) is 19.3 Å². The Hall–Kier alpha value is -1.59. The first kappa shape index (κ1) is 39.4. The van der Waals surface area contributed by atoms with Crippen LogP contribution in [0.2, 0.25) is 0 Å². The van der Waals surface area contributed by atoms with Crippen LogP contribution in [0.15, 0.2) is 0 Å². The van der Waals surface area contributed by atoms with Crippen LogP contribution in [-0.4, -0.2) is 37.2 Å². The molecule has 0 spiro atoms. The molecule has 0 aliphatic rings. The van der Waals surface area contributed by atoms with Crippen molar-refractivity contribution in [2.45, 2.75) is 188 Å². The minimum Gasteiger partial charge on any atom is -0.462 e. The summed E-state index contributed by atoms with van der Waals surface area (Å²) < 4.78 is 16.4. The van der Waals surface area contributed by atoms with Crippen molar-refractivity contribution in [2.24, 2.45) is 5.92 Å². The monoisotopic (exact) mass is 582 g/mol. The molecule has 0 aromatic rings. The summed E-state index contributed by atoms with van der Waals surface area (Å²) in [6, 6.07) is 0. The molecular weight excluding hydrogens is 516 g/mol. The van der Waals surface area contributed by atoms with E-state index in [1.807, 2.05) is 0 Å². The number of esters is 3. The van der Waals surface area contributed by atoms with Gasteiger partial charge in [0.15, 0.2) is 6.10 Å². The van der Waals surface area contributed by atoms with E-state index in [1.165, 1.54) is 70.6 Å². The molecule has 0 rings (SSSR count). The zero-order chi connectivity index (χ0) is 30.4. The van der Waals surface area contributed by atoms with Crippen LogP contribution in [-0.2, 0) is 28.6 Å². The van der Waals surface area contributed by atoms with E-state index in [0.717, 1.165) is 70.1 Å². The van der Waals surface area contributed by atoms with Crippen molar-refractivity contribution in [3.05, 3.63) is 0 Å². The molecule has 0 radical (unpaired) electrons. The van der Waals surface area contributed by atoms with Gasteiger partial charge in [-0.3, -0.25) is 14.4 Å². The third-order valence-corrected chi connectivity index (χ3v) is 7.54. The number of unbranched alkanes of at least 4 members (excludes halogenated alkanes) is 17. The molecule has 41 heavy (non-hydrogen) atoms. The molecule has 0 saturated carbocycles. The summed E-state index contributed by atoms with van der Waals surface area (Å²) in [6.07, 6.45) is 24.2. The van der Waals surface area contributed by atoms with Crippen molar-refractivity contribution < 1.29 is 28.6 Å². The molecule has 0 N–H and O–H groups in total. The molecule has 1 atom stereocenters. The Bertz CT molecular complexity index is 618. The topological polar surface area (TPSA) is 78.9 Å². The lowest BCUT2D eigenvalue weighted by Gasteiger charge is -2.18. The fourth-order valence-electron chi connectivity index (χ4n) is 4.86. The highest BCUT2D eigenvalue weighted by Gasteiger charge is 2.19. The number of rotatable bonds is 30. The predicted octanol–water partition coefficient (Wildman–Crippen LogP) is 10.0. The molecule has 0 saturated heterocycles. The minimum absolute atomic E-state index is 0.0677. The van der Waals surface area contributed by atoms with Gasteiger partial charge in [-0.25, -0.2) is 0 Å². The average Bonchev–Trinajstić information content (AvgIpc) is 2.94. The zero-order valence-electron chi connectivity index (χ0n) is 27.5. The molecule has 0 aliphatic carbocycles. The van der Waals surface area contributed by atoms with Gasteiger partial charge in [0, 0.05) is 19.3 Å². The van der Waals surface area contributed by atoms with E-state index in [-0.39, 0.29) is 31.1 Å². The van der Waals surface area contributed by atoms with Crippen molar-refractivity contribution in [1.29, 1.82) is 0 Å². The normalized spacial score (nSPS) is 11.9. The van der Waals surface area contributed by atoms with Gasteiger partial charge in [-0.2, -0.15) is 0 Å². The summed E-state index contributed by atoms with van der Waals surface area (Å²) >= 11 is 0. The third kappa shape index (κ3) is 29.7. The van der Waals surface area contributed by atoms with Crippen LogP contribution in [0.1, 0.15) is 182 Å². The van der Waals surface area contributed by atoms with Gasteiger partial charge in [-0.1, -0.05) is 143 Å². The molecule has 242 valence electrons. The Morgan fingerprint density at radius 2 is 0.805 bits per heavy atom. The summed E-state index contributed by atoms with van der Waals surface area (Å²) in [5.41, 5.74) is 0. The molecule has 0 heterocycles. The van der Waals surface area contributed by atoms with E-state index in [2.05, 4.69) is 27.7 Å². The maximum absolute atomic E-state index is 12.4. The Labute approximate surface area is 253 Å². The van der Waals surface area contributed by atoms with Gasteiger partial charge in [0.1, 0.15) is 13.2 Å². The molecule has 6 nitrogen and oxygen atoms in total. The summed E-state index contributed by atoms with van der Waals surface area (Å²) in [4.78, 5) is 36.9. The highest BCUT2D eigenvalue weighted by Crippen LogP contribution is 2.14. The quantitative estimate of drug-likeness (QED) is 0.0476. The van der Waals surface area contributed by atoms with Crippen molar-refractivity contribution in [1.82, 2.24) is 0 Å². The van der Waals surface area contributed by atoms with E-state index in [9.17, 15) is 14.4 Å². The molecule has 0 unspecified atom stereocenters. The lowest BCUT2D eigenvalue weighted by molar-refractivity contribution is -0.167. The first-order chi connectivity index (χ1) is 19.9. The average molecular weight is 583 g/mol. The van der Waals surface area contributed by atoms with Gasteiger partial charge in [0.25, 0.3) is 0 Å². The van der Waals surface area contributed by atoms with E-state index in [4.69, 9.17) is 14.2 Å². The van der Waals surface area contributed by atoms with Gasteiger partial charge >= 0.3 is 17.9 Å². The fourth-order valence-corrected chi connectivity index (χ4v) is 4.86. The Morgan fingerprint density at radius 3 is 1.20 bits per heavy atom. The standard InChI is InChI=1S/C35H66O6/c1-5-7-9-11-14-20-24-28-35(38)41-32(29-39-33(36)26-22-17-10-8-6-2)30-40-34(37)27-23-19-16-13-12-15-18-21-25-31(3)4/h31-32H,5-30H2,1-4H3/t32-/m0/s1. The summed E-state index contributed by atoms with van der Waals surface area (Å²) in [7, 11) is 0. The Balaban J connectivity index is 4.28. The van der Waals surface area contributed by atoms with Crippen LogP contribution in [0.5, 0.6) is 0 Å². The zero-order valence-corrected chi connectivity index (χ0v) is 27.5. The summed E-state index contributed by atoms with van der Waals surface area (Å²) in [5.74, 6) is -0.0959. The van der Waals surface area contributed by atoms with Crippen LogP contribution in [0, 0.1) is 5.92 Å². The number of hydrogen-bond acceptors (Lipinski definition) is 6. The van der Waals surface area contributed by atoms with Gasteiger partial charge < -0.3 is 14.2 Å². The highest BCUT2D eigenvalue weighted by molar-refractivity contribution is 5.71. The second kappa shape index (κ2) is 29.9. The van der Waals surface area contributed by atoms with Crippen molar-refractivity contribution >= 4 is 17.9 Å². The fraction of sp³-hybridized carbons (Fsp3) is 0.914. The number of carbonyl (C=O) groups is 3. The maximum atomic E-state index is 12.4. The van der Waals surface area contributed by atoms with Crippen LogP contribution < -0.4 is 0 Å². The Morgan fingerprint density at radius 1 is 0.463 bits per heavy atom. The molecular formula is C35H66O6. The lowest BCUT2D eigenvalue weighted by atomic mass is 10.0. The Kier molecular flexibility index (Phi) is 28.7. The minimum atomic E-state index is -0.754. The van der Waals surface area contributed by atoms with E-state index >= 15 is 0 Å². The van der Waals surface area contributed by atoms with Gasteiger partial charge in [0.2, 0.25) is 0 Å². The number of ether oxygens (including phenoxy) is 3. The molecule has 0 amide bonds. The maximum Gasteiger partial charge on any atom is 0.306 e. The second-order valence-corrected chi connectivity index (χ2v) is 12.3. The van der Waals surface area contributed by atoms with E-state index in [1.54, 1.807) is 0 Å². The van der Waals surface area contributed by atoms with Crippen molar-refractivity contribution in [3.8, 4) is 0 Å². The van der Waals surface area contributed by atoms with Crippen LogP contribution in [0.4, 0.5) is 0 Å². The molecule has 0 fully saturated rings. The molecule has 0 aliphatic heterocycles. The third-order valence-electron chi connectivity index (χ3n) is 7.54. The van der Waals surface area contributed by atoms with Crippen LogP contribution in [0.25, 0.3) is 0 Å². The first-order valence-electron chi connectivity index (χ1n) is 17.4. The van der Waals surface area contributed by atoms with Crippen molar-refractivity contribution in [2.75, 3.05) is 13.2 Å². The second-order valence-electron chi connectivity index (χ2n) is 12.3. The first-order valence-corrected chi connectivity index (χ1v) is 17.4. The lowest BCUT2D eigenvalue weighted by Crippen LogP contribution is -2.30. The molecule has 0 bridgehead atoms. The largest absolute Gasteiger partial charge is 0.462 e. The van der Waals surface area contributed by atoms with Gasteiger partial charge in [-0.15, -0.1) is 0 Å². The summed E-state index contributed by atoms with van der Waals surface area (Å²) in [6.45, 7) is 8.78. The summed E-state index contributed by atoms with van der Waals surface area (Å²) in [5, 5.41) is 0. The van der Waals surface area contributed by atoms with Gasteiger partial charge in [-0.05, 0) is 25.2 Å². The molecule has 6 heteroatoms. The van der Waals surface area contributed by atoms with Crippen molar-refractivity contribution in [3.63, 3.8) is 0 Å². The number of hydrogen-bond donors (Lipinski definition) is 0. The van der Waals surface area contributed by atoms with Crippen LogP contribution in [0.3, 0.4) is 0 Å². The highest BCUT2D eigenvalue weighted by atomic mass is 16.6. The number of carbonyl (C=O) groups excluding carboxylic acids is 3. The molecule has 0 aromatic carbocycles. The SMILES string of the molecule is CCCCCCCCCC(=O)O[C@@H](COC(=O)CCCCCCC)COC(=O)CCCCCCCCCCC(C)C. The van der Waals surface area contributed by atoms with Gasteiger partial charge in [0.05, 0.1) is 0 Å². The smallest absolute Gasteiger partial charge is 0.306 e. The molecule has 0 aromatic heterocycles. The van der Waals surface area contributed by atoms with E-state index < -0.39 is 6.10 Å². The predicted molar refractivity (Wildman–Crippen MR) is 169 cm³/mol. The van der Waals surface area contributed by atoms with Crippen LogP contribution >= 0.6 is 0 Å².